The lowest BCUT2D eigenvalue weighted by Crippen LogP contribution is -2.30. The van der Waals surface area contributed by atoms with Gasteiger partial charge in [0.05, 0.1) is 11.0 Å². The summed E-state index contributed by atoms with van der Waals surface area (Å²) in [4.78, 5) is 12.7. The van der Waals surface area contributed by atoms with Gasteiger partial charge in [0.15, 0.2) is 0 Å². The molecule has 0 bridgehead atoms. The number of rotatable bonds is 2. The number of likely N-dealkylation sites (N-methyl/N-ethyl adjacent to an activating group) is 1. The molecule has 0 spiro atoms. The van der Waals surface area contributed by atoms with Gasteiger partial charge in [-0.3, -0.25) is 15.0 Å². The molecule has 5 heteroatoms. The summed E-state index contributed by atoms with van der Waals surface area (Å²) in [6.07, 6.45) is 0.882. The van der Waals surface area contributed by atoms with E-state index in [0.717, 1.165) is 18.5 Å². The summed E-state index contributed by atoms with van der Waals surface area (Å²) in [5.41, 5.74) is 6.89. The molecule has 2 N–H and O–H groups in total. The zero-order chi connectivity index (χ0) is 11.7. The first-order valence-electron chi connectivity index (χ1n) is 5.30. The molecule has 0 saturated carbocycles. The molecule has 1 heterocycles. The fraction of sp³-hybridized carbons (Fsp3) is 0.455. The summed E-state index contributed by atoms with van der Waals surface area (Å²) in [5.74, 6) is 0. The van der Waals surface area contributed by atoms with Gasteiger partial charge >= 0.3 is 0 Å². The van der Waals surface area contributed by atoms with Crippen molar-refractivity contribution in [1.29, 1.82) is 0 Å². The predicted molar refractivity (Wildman–Crippen MR) is 61.1 cm³/mol. The van der Waals surface area contributed by atoms with Crippen molar-refractivity contribution in [2.45, 2.75) is 18.5 Å². The summed E-state index contributed by atoms with van der Waals surface area (Å²) in [7, 11) is 1.95. The zero-order valence-electron chi connectivity index (χ0n) is 9.17. The van der Waals surface area contributed by atoms with E-state index in [0.29, 0.717) is 0 Å². The maximum absolute atomic E-state index is 10.9. The van der Waals surface area contributed by atoms with E-state index in [2.05, 4.69) is 4.90 Å². The normalized spacial score (nSPS) is 25.9. The molecule has 0 radical (unpaired) electrons. The largest absolute Gasteiger partial charge is 0.326 e. The average molecular weight is 221 g/mol. The number of nitrogens with two attached hydrogens (primary N) is 1. The fourth-order valence-corrected chi connectivity index (χ4v) is 2.35. The van der Waals surface area contributed by atoms with Crippen LogP contribution in [-0.4, -0.2) is 29.5 Å². The van der Waals surface area contributed by atoms with Gasteiger partial charge in [0.2, 0.25) is 0 Å². The minimum Gasteiger partial charge on any atom is -0.326 e. The Morgan fingerprint density at radius 2 is 2.19 bits per heavy atom. The Hall–Kier alpha value is -1.46. The van der Waals surface area contributed by atoms with Crippen LogP contribution in [-0.2, 0) is 0 Å². The molecule has 0 aromatic heterocycles. The summed E-state index contributed by atoms with van der Waals surface area (Å²) < 4.78 is 0. The van der Waals surface area contributed by atoms with Crippen molar-refractivity contribution in [3.05, 3.63) is 39.9 Å². The number of likely N-dealkylation sites (tertiary alicyclic amines) is 1. The van der Waals surface area contributed by atoms with Crippen LogP contribution in [0.5, 0.6) is 0 Å². The smallest absolute Gasteiger partial charge is 0.274 e. The first kappa shape index (κ1) is 11.0. The van der Waals surface area contributed by atoms with E-state index in [1.54, 1.807) is 12.1 Å². The highest BCUT2D eigenvalue weighted by atomic mass is 16.6. The third-order valence-corrected chi connectivity index (χ3v) is 3.15. The van der Waals surface area contributed by atoms with Gasteiger partial charge < -0.3 is 5.73 Å². The van der Waals surface area contributed by atoms with Crippen LogP contribution < -0.4 is 5.73 Å². The van der Waals surface area contributed by atoms with Crippen molar-refractivity contribution in [3.8, 4) is 0 Å². The van der Waals surface area contributed by atoms with Crippen LogP contribution in [0.4, 0.5) is 5.69 Å². The van der Waals surface area contributed by atoms with Crippen LogP contribution in [0.25, 0.3) is 0 Å². The highest BCUT2D eigenvalue weighted by Crippen LogP contribution is 2.34. The molecule has 0 aliphatic carbocycles. The van der Waals surface area contributed by atoms with Crippen LogP contribution in [0.3, 0.4) is 0 Å². The second kappa shape index (κ2) is 4.19. The highest BCUT2D eigenvalue weighted by Gasteiger charge is 2.34. The van der Waals surface area contributed by atoms with E-state index in [1.807, 2.05) is 13.1 Å². The molecule has 1 aromatic carbocycles. The molecule has 1 aromatic rings. The third kappa shape index (κ3) is 1.79. The van der Waals surface area contributed by atoms with Gasteiger partial charge in [0.1, 0.15) is 0 Å². The number of nitro benzene ring substituents is 1. The molecular weight excluding hydrogens is 206 g/mol. The Labute approximate surface area is 94.0 Å². The number of para-hydroxylation sites is 1. The quantitative estimate of drug-likeness (QED) is 0.603. The Kier molecular flexibility index (Phi) is 2.89. The summed E-state index contributed by atoms with van der Waals surface area (Å²) >= 11 is 0. The number of nitrogens with zero attached hydrogens (tertiary/aromatic N) is 2. The van der Waals surface area contributed by atoms with Crippen LogP contribution >= 0.6 is 0 Å². The first-order chi connectivity index (χ1) is 7.61. The van der Waals surface area contributed by atoms with Crippen molar-refractivity contribution >= 4 is 5.69 Å². The maximum atomic E-state index is 10.9. The van der Waals surface area contributed by atoms with E-state index in [9.17, 15) is 10.1 Å². The summed E-state index contributed by atoms with van der Waals surface area (Å²) in [6, 6.07) is 6.77. The molecule has 1 saturated heterocycles. The van der Waals surface area contributed by atoms with Gasteiger partial charge in [-0.25, -0.2) is 0 Å². The monoisotopic (exact) mass is 221 g/mol. The van der Waals surface area contributed by atoms with Crippen molar-refractivity contribution in [2.24, 2.45) is 5.73 Å². The van der Waals surface area contributed by atoms with Crippen LogP contribution in [0, 0.1) is 10.1 Å². The van der Waals surface area contributed by atoms with E-state index in [4.69, 9.17) is 5.73 Å². The number of nitro groups is 1. The van der Waals surface area contributed by atoms with Crippen molar-refractivity contribution < 1.29 is 4.92 Å². The Morgan fingerprint density at radius 3 is 2.75 bits per heavy atom. The molecule has 1 aliphatic heterocycles. The molecule has 2 unspecified atom stereocenters. The standard InChI is InChI=1S/C11H15N3O2/c1-13-7-6-9(12)11(13)8-4-2-3-5-10(8)14(15)16/h2-5,9,11H,6-7,12H2,1H3. The van der Waals surface area contributed by atoms with Gasteiger partial charge in [0, 0.05) is 24.2 Å². The second-order valence-corrected chi connectivity index (χ2v) is 4.19. The molecule has 5 nitrogen and oxygen atoms in total. The highest BCUT2D eigenvalue weighted by molar-refractivity contribution is 5.43. The van der Waals surface area contributed by atoms with Crippen LogP contribution in [0.15, 0.2) is 24.3 Å². The lowest BCUT2D eigenvalue weighted by Gasteiger charge is -2.22. The van der Waals surface area contributed by atoms with Crippen molar-refractivity contribution in [1.82, 2.24) is 4.90 Å². The molecule has 2 atom stereocenters. The van der Waals surface area contributed by atoms with E-state index in [-0.39, 0.29) is 22.7 Å². The zero-order valence-corrected chi connectivity index (χ0v) is 9.17. The Morgan fingerprint density at radius 1 is 1.50 bits per heavy atom. The molecular formula is C11H15N3O2. The lowest BCUT2D eigenvalue weighted by molar-refractivity contribution is -0.386. The summed E-state index contributed by atoms with van der Waals surface area (Å²) in [5, 5.41) is 10.9. The number of hydrogen-bond donors (Lipinski definition) is 1. The second-order valence-electron chi connectivity index (χ2n) is 4.19. The van der Waals surface area contributed by atoms with Gasteiger partial charge in [-0.05, 0) is 13.5 Å². The van der Waals surface area contributed by atoms with Crippen LogP contribution in [0.2, 0.25) is 0 Å². The SMILES string of the molecule is CN1CCC(N)C1c1ccccc1[N+](=O)[O-]. The van der Waals surface area contributed by atoms with Gasteiger partial charge in [0.25, 0.3) is 5.69 Å². The minimum absolute atomic E-state index is 0.0221. The van der Waals surface area contributed by atoms with E-state index < -0.39 is 0 Å². The summed E-state index contributed by atoms with van der Waals surface area (Å²) in [6.45, 7) is 0.887. The van der Waals surface area contributed by atoms with Gasteiger partial charge in [-0.1, -0.05) is 18.2 Å². The lowest BCUT2D eigenvalue weighted by atomic mass is 9.99. The molecule has 0 amide bonds. The fourth-order valence-electron chi connectivity index (χ4n) is 2.35. The molecule has 86 valence electrons. The number of benzene rings is 1. The molecule has 1 fully saturated rings. The molecule has 2 rings (SSSR count). The van der Waals surface area contributed by atoms with Gasteiger partial charge in [-0.2, -0.15) is 0 Å². The Bertz CT molecular complexity index is 398. The first-order valence-corrected chi connectivity index (χ1v) is 5.30. The number of hydrogen-bond acceptors (Lipinski definition) is 4. The topological polar surface area (TPSA) is 72.4 Å². The van der Waals surface area contributed by atoms with Crippen molar-refractivity contribution in [3.63, 3.8) is 0 Å². The average Bonchev–Trinajstić information content (AvgIpc) is 2.58. The van der Waals surface area contributed by atoms with Gasteiger partial charge in [-0.15, -0.1) is 0 Å². The van der Waals surface area contributed by atoms with Crippen LogP contribution in [0.1, 0.15) is 18.0 Å². The maximum Gasteiger partial charge on any atom is 0.274 e. The minimum atomic E-state index is -0.339. The Balaban J connectivity index is 2.43. The van der Waals surface area contributed by atoms with E-state index in [1.165, 1.54) is 6.07 Å². The third-order valence-electron chi connectivity index (χ3n) is 3.15. The van der Waals surface area contributed by atoms with E-state index >= 15 is 0 Å². The molecule has 1 aliphatic rings. The van der Waals surface area contributed by atoms with Crippen molar-refractivity contribution in [2.75, 3.05) is 13.6 Å². The predicted octanol–water partition coefficient (Wildman–Crippen LogP) is 1.30. The molecule has 16 heavy (non-hydrogen) atoms.